The van der Waals surface area contributed by atoms with E-state index in [1.165, 1.54) is 6.42 Å². The fourth-order valence-electron chi connectivity index (χ4n) is 2.03. The first-order chi connectivity index (χ1) is 9.20. The number of anilines is 2. The number of unbranched alkanes of at least 4 members (excludes halogenated alkanes) is 2. The Hall–Kier alpha value is -1.33. The third-order valence-electron chi connectivity index (χ3n) is 3.01. The van der Waals surface area contributed by atoms with Gasteiger partial charge in [-0.2, -0.15) is 0 Å². The zero-order chi connectivity index (χ0) is 13.7. The Bertz CT molecular complexity index is 539. The molecule has 0 spiro atoms. The predicted octanol–water partition coefficient (Wildman–Crippen LogP) is 3.42. The summed E-state index contributed by atoms with van der Waals surface area (Å²) in [6.45, 7) is 3.79. The molecule has 1 heterocycles. The number of nitrogens with two attached hydrogens (primary N) is 1. The van der Waals surface area contributed by atoms with Crippen LogP contribution in [0.1, 0.15) is 24.3 Å². The van der Waals surface area contributed by atoms with Gasteiger partial charge in [0.1, 0.15) is 0 Å². The van der Waals surface area contributed by atoms with Gasteiger partial charge < -0.3 is 15.8 Å². The summed E-state index contributed by atoms with van der Waals surface area (Å²) in [5, 5.41) is 4.47. The van der Waals surface area contributed by atoms with Crippen LogP contribution in [0, 0.1) is 6.92 Å². The number of aryl methyl sites for hydroxylation is 1. The van der Waals surface area contributed by atoms with E-state index in [0.29, 0.717) is 0 Å². The van der Waals surface area contributed by atoms with Gasteiger partial charge >= 0.3 is 0 Å². The van der Waals surface area contributed by atoms with E-state index < -0.39 is 0 Å². The highest BCUT2D eigenvalue weighted by Crippen LogP contribution is 2.29. The number of rotatable bonds is 7. The number of hydrogen-bond donors (Lipinski definition) is 2. The van der Waals surface area contributed by atoms with E-state index in [1.54, 1.807) is 18.4 Å². The first-order valence-electron chi connectivity index (χ1n) is 6.60. The number of nitrogen functional groups attached to an aromatic ring is 1. The van der Waals surface area contributed by atoms with Crippen molar-refractivity contribution < 1.29 is 4.74 Å². The minimum atomic E-state index is 0.799. The van der Waals surface area contributed by atoms with Crippen molar-refractivity contribution in [2.75, 3.05) is 31.3 Å². The molecule has 4 nitrogen and oxygen atoms in total. The Morgan fingerprint density at radius 2 is 2.16 bits per heavy atom. The molecule has 0 atom stereocenters. The molecule has 2 rings (SSSR count). The van der Waals surface area contributed by atoms with Crippen LogP contribution in [0.15, 0.2) is 12.1 Å². The fraction of sp³-hybridized carbons (Fsp3) is 0.500. The summed E-state index contributed by atoms with van der Waals surface area (Å²) < 4.78 is 6.18. The molecule has 0 bridgehead atoms. The van der Waals surface area contributed by atoms with Crippen LogP contribution < -0.4 is 11.1 Å². The average Bonchev–Trinajstić information content (AvgIpc) is 2.72. The molecule has 3 N–H and O–H groups in total. The highest BCUT2D eigenvalue weighted by molar-refractivity contribution is 7.18. The molecule has 0 aliphatic heterocycles. The van der Waals surface area contributed by atoms with Gasteiger partial charge in [-0.25, -0.2) is 4.98 Å². The molecule has 0 fully saturated rings. The molecule has 1 aromatic carbocycles. The zero-order valence-electron chi connectivity index (χ0n) is 11.5. The summed E-state index contributed by atoms with van der Waals surface area (Å²) in [5.74, 6) is 0. The van der Waals surface area contributed by atoms with E-state index in [1.807, 2.05) is 19.1 Å². The topological polar surface area (TPSA) is 60.2 Å². The number of methoxy groups -OCH3 is 1. The van der Waals surface area contributed by atoms with Crippen LogP contribution in [-0.2, 0) is 4.74 Å². The van der Waals surface area contributed by atoms with Gasteiger partial charge in [0.2, 0.25) is 0 Å². The normalized spacial score (nSPS) is 11.1. The second-order valence-electron chi connectivity index (χ2n) is 4.62. The van der Waals surface area contributed by atoms with Crippen LogP contribution in [-0.4, -0.2) is 25.2 Å². The first kappa shape index (κ1) is 14.1. The molecular formula is C14H21N3OS. The van der Waals surface area contributed by atoms with Crippen molar-refractivity contribution in [1.29, 1.82) is 0 Å². The number of fused-ring (bicyclic) bond motifs is 1. The lowest BCUT2D eigenvalue weighted by atomic mass is 10.2. The molecule has 5 heteroatoms. The van der Waals surface area contributed by atoms with E-state index in [9.17, 15) is 0 Å². The van der Waals surface area contributed by atoms with Gasteiger partial charge in [-0.1, -0.05) is 0 Å². The third-order valence-corrected chi connectivity index (χ3v) is 3.94. The van der Waals surface area contributed by atoms with Gasteiger partial charge in [0.25, 0.3) is 0 Å². The van der Waals surface area contributed by atoms with Crippen LogP contribution in [0.2, 0.25) is 0 Å². The Labute approximate surface area is 118 Å². The number of nitrogens with zero attached hydrogens (tertiary/aromatic N) is 1. The van der Waals surface area contributed by atoms with E-state index in [4.69, 9.17) is 10.5 Å². The Morgan fingerprint density at radius 3 is 2.95 bits per heavy atom. The molecule has 104 valence electrons. The summed E-state index contributed by atoms with van der Waals surface area (Å²) in [7, 11) is 1.74. The number of aromatic nitrogens is 1. The molecule has 0 unspecified atom stereocenters. The van der Waals surface area contributed by atoms with Crippen molar-refractivity contribution >= 4 is 32.9 Å². The molecule has 1 aromatic heterocycles. The van der Waals surface area contributed by atoms with E-state index >= 15 is 0 Å². The minimum Gasteiger partial charge on any atom is -0.397 e. The van der Waals surface area contributed by atoms with Gasteiger partial charge in [-0.15, -0.1) is 11.3 Å². The molecule has 2 aromatic rings. The third kappa shape index (κ3) is 3.81. The number of nitrogens with one attached hydrogen (secondary N) is 1. The van der Waals surface area contributed by atoms with Crippen molar-refractivity contribution in [3.63, 3.8) is 0 Å². The number of thiazole rings is 1. The summed E-state index contributed by atoms with van der Waals surface area (Å²) in [6.07, 6.45) is 3.40. The van der Waals surface area contributed by atoms with Crippen LogP contribution in [0.25, 0.3) is 10.2 Å². The molecular weight excluding hydrogens is 258 g/mol. The van der Waals surface area contributed by atoms with Crippen LogP contribution in [0.4, 0.5) is 11.4 Å². The van der Waals surface area contributed by atoms with Crippen LogP contribution in [0.5, 0.6) is 0 Å². The highest BCUT2D eigenvalue weighted by Gasteiger charge is 2.05. The van der Waals surface area contributed by atoms with Crippen molar-refractivity contribution in [3.05, 3.63) is 17.1 Å². The number of benzene rings is 1. The molecule has 0 amide bonds. The zero-order valence-corrected chi connectivity index (χ0v) is 12.3. The lowest BCUT2D eigenvalue weighted by Crippen LogP contribution is -2.04. The van der Waals surface area contributed by atoms with E-state index in [-0.39, 0.29) is 0 Å². The van der Waals surface area contributed by atoms with Gasteiger partial charge in [-0.05, 0) is 38.3 Å². The average molecular weight is 279 g/mol. The highest BCUT2D eigenvalue weighted by atomic mass is 32.1. The monoisotopic (exact) mass is 279 g/mol. The maximum Gasteiger partial charge on any atom is 0.0907 e. The minimum absolute atomic E-state index is 0.799. The fourth-order valence-corrected chi connectivity index (χ4v) is 2.89. The van der Waals surface area contributed by atoms with Gasteiger partial charge in [0.15, 0.2) is 0 Å². The molecule has 0 saturated carbocycles. The Morgan fingerprint density at radius 1 is 1.32 bits per heavy atom. The Balaban J connectivity index is 1.91. The van der Waals surface area contributed by atoms with Gasteiger partial charge in [-0.3, -0.25) is 0 Å². The first-order valence-corrected chi connectivity index (χ1v) is 7.42. The SMILES string of the molecule is COCCCCCNc1cc2nc(C)sc2cc1N. The standard InChI is InChI=1S/C14H21N3OS/c1-10-17-13-9-12(11(15)8-14(13)19-10)16-6-4-3-5-7-18-2/h8-9,16H,3-7,15H2,1-2H3. The molecule has 19 heavy (non-hydrogen) atoms. The quantitative estimate of drug-likeness (QED) is 0.602. The summed E-state index contributed by atoms with van der Waals surface area (Å²) in [6, 6.07) is 4.05. The largest absolute Gasteiger partial charge is 0.397 e. The van der Waals surface area contributed by atoms with E-state index in [0.717, 1.165) is 52.6 Å². The lowest BCUT2D eigenvalue weighted by molar-refractivity contribution is 0.192. The molecule has 0 aliphatic rings. The van der Waals surface area contributed by atoms with Crippen molar-refractivity contribution in [1.82, 2.24) is 4.98 Å². The van der Waals surface area contributed by atoms with Crippen LogP contribution >= 0.6 is 11.3 Å². The molecule has 0 aliphatic carbocycles. The smallest absolute Gasteiger partial charge is 0.0907 e. The lowest BCUT2D eigenvalue weighted by Gasteiger charge is -2.09. The summed E-state index contributed by atoms with van der Waals surface area (Å²) >= 11 is 1.68. The van der Waals surface area contributed by atoms with Gasteiger partial charge in [0.05, 0.1) is 26.6 Å². The summed E-state index contributed by atoms with van der Waals surface area (Å²) in [5.41, 5.74) is 8.87. The number of ether oxygens (including phenoxy) is 1. The molecule has 0 saturated heterocycles. The van der Waals surface area contributed by atoms with Gasteiger partial charge in [0, 0.05) is 20.3 Å². The molecule has 0 radical (unpaired) electrons. The van der Waals surface area contributed by atoms with Crippen molar-refractivity contribution in [3.8, 4) is 0 Å². The van der Waals surface area contributed by atoms with Crippen molar-refractivity contribution in [2.24, 2.45) is 0 Å². The summed E-state index contributed by atoms with van der Waals surface area (Å²) in [4.78, 5) is 4.49. The van der Waals surface area contributed by atoms with Crippen molar-refractivity contribution in [2.45, 2.75) is 26.2 Å². The predicted molar refractivity (Wildman–Crippen MR) is 83.0 cm³/mol. The maximum atomic E-state index is 6.05. The second kappa shape index (κ2) is 6.73. The van der Waals surface area contributed by atoms with Crippen LogP contribution in [0.3, 0.4) is 0 Å². The Kier molecular flexibility index (Phi) is 4.99. The van der Waals surface area contributed by atoms with E-state index in [2.05, 4.69) is 10.3 Å². The maximum absolute atomic E-state index is 6.05. The number of hydrogen-bond acceptors (Lipinski definition) is 5. The second-order valence-corrected chi connectivity index (χ2v) is 5.86.